The molecule has 0 fully saturated rings. The maximum absolute atomic E-state index is 12.1. The van der Waals surface area contributed by atoms with Crippen molar-refractivity contribution < 1.29 is 14.6 Å². The number of amides is 1. The van der Waals surface area contributed by atoms with Gasteiger partial charge in [0.05, 0.1) is 9.85 Å². The van der Waals surface area contributed by atoms with Crippen LogP contribution in [0.15, 0.2) is 42.5 Å². The van der Waals surface area contributed by atoms with Crippen LogP contribution in [0.25, 0.3) is 0 Å². The van der Waals surface area contributed by atoms with E-state index in [4.69, 9.17) is 11.6 Å². The molecule has 0 atom stereocenters. The largest absolute Gasteiger partial charge is 0.316 e. The standard InChI is InChI=1S/C13H8ClN3O5/c14-8-5-6-10(12(7-8)17(21)22)15-13(18)9-3-1-2-4-11(9)16(19)20/h1-7H,(H,15,18). The molecule has 0 radical (unpaired) electrons. The van der Waals surface area contributed by atoms with Crippen LogP contribution in [0.5, 0.6) is 0 Å². The summed E-state index contributed by atoms with van der Waals surface area (Å²) in [5.74, 6) is -0.822. The molecule has 1 amide bonds. The fourth-order valence-electron chi connectivity index (χ4n) is 1.78. The van der Waals surface area contributed by atoms with E-state index in [-0.39, 0.29) is 16.3 Å². The highest BCUT2D eigenvalue weighted by atomic mass is 35.5. The fourth-order valence-corrected chi connectivity index (χ4v) is 1.94. The number of para-hydroxylation sites is 1. The molecule has 1 N–H and O–H groups in total. The number of nitro groups is 2. The molecule has 2 aromatic carbocycles. The summed E-state index contributed by atoms with van der Waals surface area (Å²) < 4.78 is 0. The number of carbonyl (C=O) groups is 1. The van der Waals surface area contributed by atoms with E-state index in [1.54, 1.807) is 0 Å². The molecule has 0 saturated heterocycles. The molecule has 0 aliphatic carbocycles. The van der Waals surface area contributed by atoms with Crippen LogP contribution in [-0.2, 0) is 0 Å². The van der Waals surface area contributed by atoms with Gasteiger partial charge < -0.3 is 5.32 Å². The molecule has 0 aliphatic heterocycles. The molecule has 8 nitrogen and oxygen atoms in total. The fraction of sp³-hybridized carbons (Fsp3) is 0. The molecule has 0 spiro atoms. The third-order valence-electron chi connectivity index (χ3n) is 2.75. The average Bonchev–Trinajstić information content (AvgIpc) is 2.48. The van der Waals surface area contributed by atoms with Gasteiger partial charge in [0.15, 0.2) is 0 Å². The van der Waals surface area contributed by atoms with Crippen molar-refractivity contribution in [2.75, 3.05) is 5.32 Å². The number of anilines is 1. The quantitative estimate of drug-likeness (QED) is 0.684. The number of nitrogens with one attached hydrogen (secondary N) is 1. The molecule has 22 heavy (non-hydrogen) atoms. The Balaban J connectivity index is 2.38. The Labute approximate surface area is 128 Å². The monoisotopic (exact) mass is 321 g/mol. The second-order valence-corrected chi connectivity index (χ2v) is 4.58. The first-order valence-electron chi connectivity index (χ1n) is 5.89. The summed E-state index contributed by atoms with van der Waals surface area (Å²) in [6, 6.07) is 9.01. The van der Waals surface area contributed by atoms with Crippen LogP contribution in [0.2, 0.25) is 5.02 Å². The van der Waals surface area contributed by atoms with E-state index in [2.05, 4.69) is 5.32 Å². The smallest absolute Gasteiger partial charge is 0.294 e. The molecule has 9 heteroatoms. The number of nitro benzene ring substituents is 2. The summed E-state index contributed by atoms with van der Waals surface area (Å²) in [5, 5.41) is 24.3. The minimum absolute atomic E-state index is 0.0995. The highest BCUT2D eigenvalue weighted by Gasteiger charge is 2.22. The Morgan fingerprint density at radius 1 is 1.00 bits per heavy atom. The lowest BCUT2D eigenvalue weighted by Gasteiger charge is -2.06. The van der Waals surface area contributed by atoms with Crippen molar-refractivity contribution in [1.82, 2.24) is 0 Å². The van der Waals surface area contributed by atoms with E-state index < -0.39 is 27.1 Å². The normalized spacial score (nSPS) is 10.0. The Hall–Kier alpha value is -3.00. The van der Waals surface area contributed by atoms with Crippen molar-refractivity contribution in [2.45, 2.75) is 0 Å². The van der Waals surface area contributed by atoms with Gasteiger partial charge in [-0.3, -0.25) is 25.0 Å². The van der Waals surface area contributed by atoms with E-state index in [0.717, 1.165) is 6.07 Å². The van der Waals surface area contributed by atoms with Crippen LogP contribution < -0.4 is 5.32 Å². The maximum Gasteiger partial charge on any atom is 0.294 e. The van der Waals surface area contributed by atoms with Crippen LogP contribution in [0.1, 0.15) is 10.4 Å². The molecule has 112 valence electrons. The molecule has 0 saturated carbocycles. The van der Waals surface area contributed by atoms with Crippen molar-refractivity contribution in [3.63, 3.8) is 0 Å². The van der Waals surface area contributed by atoms with Crippen molar-refractivity contribution in [2.24, 2.45) is 0 Å². The van der Waals surface area contributed by atoms with Crippen molar-refractivity contribution >= 4 is 34.6 Å². The maximum atomic E-state index is 12.1. The molecule has 0 heterocycles. The summed E-state index contributed by atoms with van der Waals surface area (Å²) >= 11 is 5.67. The zero-order valence-electron chi connectivity index (χ0n) is 10.9. The number of hydrogen-bond acceptors (Lipinski definition) is 5. The number of nitrogens with zero attached hydrogens (tertiary/aromatic N) is 2. The van der Waals surface area contributed by atoms with Crippen LogP contribution in [0.4, 0.5) is 17.1 Å². The third-order valence-corrected chi connectivity index (χ3v) is 2.99. The van der Waals surface area contributed by atoms with Gasteiger partial charge in [0.2, 0.25) is 0 Å². The lowest BCUT2D eigenvalue weighted by molar-refractivity contribution is -0.385. The highest BCUT2D eigenvalue weighted by molar-refractivity contribution is 6.31. The second-order valence-electron chi connectivity index (χ2n) is 4.15. The minimum atomic E-state index is -0.822. The van der Waals surface area contributed by atoms with Gasteiger partial charge in [-0.2, -0.15) is 0 Å². The zero-order valence-corrected chi connectivity index (χ0v) is 11.6. The van der Waals surface area contributed by atoms with Gasteiger partial charge in [0, 0.05) is 17.2 Å². The molecule has 0 bridgehead atoms. The number of carbonyl (C=O) groups excluding carboxylic acids is 1. The predicted molar refractivity (Wildman–Crippen MR) is 79.2 cm³/mol. The SMILES string of the molecule is O=C(Nc1ccc(Cl)cc1[N+](=O)[O-])c1ccccc1[N+](=O)[O-]. The Kier molecular flexibility index (Phi) is 4.33. The predicted octanol–water partition coefficient (Wildman–Crippen LogP) is 3.41. The summed E-state index contributed by atoms with van der Waals surface area (Å²) in [6.45, 7) is 0. The number of rotatable bonds is 4. The summed E-state index contributed by atoms with van der Waals surface area (Å²) in [6.07, 6.45) is 0. The lowest BCUT2D eigenvalue weighted by atomic mass is 10.1. The van der Waals surface area contributed by atoms with Crippen molar-refractivity contribution in [3.05, 3.63) is 73.3 Å². The van der Waals surface area contributed by atoms with E-state index in [1.807, 2.05) is 0 Å². The first-order valence-corrected chi connectivity index (χ1v) is 6.26. The van der Waals surface area contributed by atoms with Gasteiger partial charge in [-0.25, -0.2) is 0 Å². The van der Waals surface area contributed by atoms with Crippen LogP contribution >= 0.6 is 11.6 Å². The first-order chi connectivity index (χ1) is 10.4. The first kappa shape index (κ1) is 15.4. The Morgan fingerprint density at radius 2 is 1.64 bits per heavy atom. The topological polar surface area (TPSA) is 115 Å². The Morgan fingerprint density at radius 3 is 2.27 bits per heavy atom. The second kappa shape index (κ2) is 6.19. The summed E-state index contributed by atoms with van der Waals surface area (Å²) in [7, 11) is 0. The molecule has 0 aliphatic rings. The zero-order chi connectivity index (χ0) is 16.3. The number of benzene rings is 2. The number of hydrogen-bond donors (Lipinski definition) is 1. The van der Waals surface area contributed by atoms with Gasteiger partial charge in [0.1, 0.15) is 11.3 Å². The van der Waals surface area contributed by atoms with E-state index in [0.29, 0.717) is 0 Å². The van der Waals surface area contributed by atoms with E-state index in [1.165, 1.54) is 36.4 Å². The van der Waals surface area contributed by atoms with Crippen molar-refractivity contribution in [3.8, 4) is 0 Å². The van der Waals surface area contributed by atoms with Gasteiger partial charge >= 0.3 is 0 Å². The van der Waals surface area contributed by atoms with Crippen LogP contribution in [0.3, 0.4) is 0 Å². The molecular weight excluding hydrogens is 314 g/mol. The number of halogens is 1. The van der Waals surface area contributed by atoms with Crippen LogP contribution in [-0.4, -0.2) is 15.8 Å². The molecule has 0 aromatic heterocycles. The van der Waals surface area contributed by atoms with Crippen LogP contribution in [0, 0.1) is 20.2 Å². The molecule has 2 rings (SSSR count). The lowest BCUT2D eigenvalue weighted by Crippen LogP contribution is -2.14. The van der Waals surface area contributed by atoms with E-state index in [9.17, 15) is 25.0 Å². The minimum Gasteiger partial charge on any atom is -0.316 e. The molecular formula is C13H8ClN3O5. The van der Waals surface area contributed by atoms with Crippen molar-refractivity contribution in [1.29, 1.82) is 0 Å². The summed E-state index contributed by atoms with van der Waals surface area (Å²) in [5.41, 5.74) is -1.09. The average molecular weight is 322 g/mol. The van der Waals surface area contributed by atoms with Gasteiger partial charge in [-0.1, -0.05) is 23.7 Å². The highest BCUT2D eigenvalue weighted by Crippen LogP contribution is 2.29. The van der Waals surface area contributed by atoms with E-state index >= 15 is 0 Å². The molecule has 2 aromatic rings. The molecule has 0 unspecified atom stereocenters. The summed E-state index contributed by atoms with van der Waals surface area (Å²) in [4.78, 5) is 32.6. The van der Waals surface area contributed by atoms with Gasteiger partial charge in [-0.15, -0.1) is 0 Å². The third kappa shape index (κ3) is 3.18. The Bertz CT molecular complexity index is 778. The van der Waals surface area contributed by atoms with Gasteiger partial charge in [-0.05, 0) is 18.2 Å². The van der Waals surface area contributed by atoms with Gasteiger partial charge in [0.25, 0.3) is 17.3 Å².